The number of rotatable bonds is 12. The van der Waals surface area contributed by atoms with Crippen LogP contribution < -0.4 is 34.9 Å². The minimum atomic E-state index is -0.824. The van der Waals surface area contributed by atoms with Crippen molar-refractivity contribution in [2.45, 2.75) is 25.4 Å². The van der Waals surface area contributed by atoms with Gasteiger partial charge in [0.25, 0.3) is 0 Å². The highest BCUT2D eigenvalue weighted by atomic mass is 79.9. The summed E-state index contributed by atoms with van der Waals surface area (Å²) in [4.78, 5) is 25.9. The summed E-state index contributed by atoms with van der Waals surface area (Å²) in [7, 11) is 6.14. The van der Waals surface area contributed by atoms with E-state index in [1.54, 1.807) is 44.6 Å². The summed E-state index contributed by atoms with van der Waals surface area (Å²) in [6.07, 6.45) is 0.307. The lowest BCUT2D eigenvalue weighted by atomic mass is 10.1. The van der Waals surface area contributed by atoms with Gasteiger partial charge in [-0.05, 0) is 41.0 Å². The van der Waals surface area contributed by atoms with E-state index in [0.717, 1.165) is 15.6 Å². The van der Waals surface area contributed by atoms with Crippen LogP contribution in [0.15, 0.2) is 65.1 Å². The lowest BCUT2D eigenvalue weighted by molar-refractivity contribution is -0.123. The van der Waals surface area contributed by atoms with Gasteiger partial charge in [-0.15, -0.1) is 0 Å². The standard InChI is InChI=1S/C29H33BrN4O6/c1-37-23-11-10-19(13-24(23)38-2)14-27(35)34-29(31)33-22(12-18-8-6-5-7-9-18)28(36)32-17-20-15-25(39-3)26(40-4)16-21(20)30/h5-11,13,15-16,22H,12,14,17H2,1-4H3,(H,32,36)(H3,31,33,34,35)/t22-/m1/s1. The molecule has 0 spiro atoms. The molecule has 11 heteroatoms. The fourth-order valence-electron chi connectivity index (χ4n) is 3.97. The van der Waals surface area contributed by atoms with Crippen molar-refractivity contribution in [1.82, 2.24) is 16.0 Å². The van der Waals surface area contributed by atoms with Crippen LogP contribution >= 0.6 is 15.9 Å². The van der Waals surface area contributed by atoms with Gasteiger partial charge in [-0.25, -0.2) is 0 Å². The molecule has 0 aromatic heterocycles. The second kappa shape index (κ2) is 14.8. The van der Waals surface area contributed by atoms with E-state index < -0.39 is 11.9 Å². The van der Waals surface area contributed by atoms with Crippen LogP contribution in [0.5, 0.6) is 23.0 Å². The van der Waals surface area contributed by atoms with Crippen LogP contribution in [0.25, 0.3) is 0 Å². The molecule has 2 amide bonds. The quantitative estimate of drug-likeness (QED) is 0.182. The largest absolute Gasteiger partial charge is 0.493 e. The van der Waals surface area contributed by atoms with E-state index in [0.29, 0.717) is 35.0 Å². The topological polar surface area (TPSA) is 131 Å². The van der Waals surface area contributed by atoms with E-state index in [2.05, 4.69) is 31.9 Å². The zero-order valence-corrected chi connectivity index (χ0v) is 24.4. The zero-order valence-electron chi connectivity index (χ0n) is 22.8. The first-order valence-electron chi connectivity index (χ1n) is 12.4. The average molecular weight is 614 g/mol. The number of guanidine groups is 1. The van der Waals surface area contributed by atoms with Crippen LogP contribution in [0.2, 0.25) is 0 Å². The number of amides is 2. The van der Waals surface area contributed by atoms with Gasteiger partial charge in [-0.1, -0.05) is 52.3 Å². The van der Waals surface area contributed by atoms with Gasteiger partial charge >= 0.3 is 0 Å². The SMILES string of the molecule is COc1ccc(CC(=O)NC(=N)N[C@H](Cc2ccccc2)C(=O)NCc2cc(OC)c(OC)cc2Br)cc1OC. The van der Waals surface area contributed by atoms with Crippen LogP contribution in [-0.4, -0.2) is 52.3 Å². The number of hydrogen-bond acceptors (Lipinski definition) is 7. The molecule has 0 unspecified atom stereocenters. The van der Waals surface area contributed by atoms with Crippen LogP contribution in [0, 0.1) is 5.41 Å². The molecule has 3 rings (SSSR count). The molecule has 0 aliphatic carbocycles. The van der Waals surface area contributed by atoms with E-state index in [1.807, 2.05) is 30.3 Å². The molecule has 0 heterocycles. The first-order valence-corrected chi connectivity index (χ1v) is 13.1. The Morgan fingerprint density at radius 3 is 2.10 bits per heavy atom. The van der Waals surface area contributed by atoms with Crippen molar-refractivity contribution in [3.63, 3.8) is 0 Å². The summed E-state index contributed by atoms with van der Waals surface area (Å²) in [6, 6.07) is 17.3. The number of methoxy groups -OCH3 is 4. The van der Waals surface area contributed by atoms with Gasteiger partial charge in [0.1, 0.15) is 6.04 Å². The maximum atomic E-state index is 13.3. The number of carbonyl (C=O) groups excluding carboxylic acids is 2. The van der Waals surface area contributed by atoms with Crippen molar-refractivity contribution < 1.29 is 28.5 Å². The van der Waals surface area contributed by atoms with Gasteiger partial charge in [-0.3, -0.25) is 20.3 Å². The highest BCUT2D eigenvalue weighted by Crippen LogP contribution is 2.33. The molecule has 3 aromatic carbocycles. The fraction of sp³-hybridized carbons (Fsp3) is 0.276. The average Bonchev–Trinajstić information content (AvgIpc) is 2.96. The van der Waals surface area contributed by atoms with E-state index in [-0.39, 0.29) is 24.8 Å². The summed E-state index contributed by atoms with van der Waals surface area (Å²) in [5.74, 6) is 1.10. The van der Waals surface area contributed by atoms with Gasteiger partial charge in [-0.2, -0.15) is 0 Å². The van der Waals surface area contributed by atoms with Crippen molar-refractivity contribution in [3.8, 4) is 23.0 Å². The van der Waals surface area contributed by atoms with Crippen LogP contribution in [0.1, 0.15) is 16.7 Å². The lowest BCUT2D eigenvalue weighted by Gasteiger charge is -2.21. The van der Waals surface area contributed by atoms with Gasteiger partial charge in [0.05, 0.1) is 34.9 Å². The van der Waals surface area contributed by atoms with Crippen LogP contribution in [0.3, 0.4) is 0 Å². The maximum absolute atomic E-state index is 13.3. The lowest BCUT2D eigenvalue weighted by Crippen LogP contribution is -2.52. The number of ether oxygens (including phenoxy) is 4. The molecule has 10 nitrogen and oxygen atoms in total. The Balaban J connectivity index is 1.67. The summed E-state index contributed by atoms with van der Waals surface area (Å²) >= 11 is 3.50. The van der Waals surface area contributed by atoms with E-state index >= 15 is 0 Å². The molecule has 0 aliphatic heterocycles. The minimum Gasteiger partial charge on any atom is -0.493 e. The Hall–Kier alpha value is -4.25. The summed E-state index contributed by atoms with van der Waals surface area (Å²) < 4.78 is 21.9. The summed E-state index contributed by atoms with van der Waals surface area (Å²) in [6.45, 7) is 0.200. The first kappa shape index (κ1) is 30.3. The Morgan fingerprint density at radius 2 is 1.45 bits per heavy atom. The number of benzene rings is 3. The van der Waals surface area contributed by atoms with Gasteiger partial charge < -0.3 is 29.6 Å². The molecule has 3 aromatic rings. The second-order valence-electron chi connectivity index (χ2n) is 8.69. The van der Waals surface area contributed by atoms with E-state index in [9.17, 15) is 9.59 Å². The highest BCUT2D eigenvalue weighted by Gasteiger charge is 2.22. The smallest absolute Gasteiger partial charge is 0.243 e. The third kappa shape index (κ3) is 8.37. The molecule has 212 valence electrons. The molecule has 0 fully saturated rings. The highest BCUT2D eigenvalue weighted by molar-refractivity contribution is 9.10. The van der Waals surface area contributed by atoms with Crippen LogP contribution in [0.4, 0.5) is 0 Å². The Bertz CT molecular complexity index is 1340. The van der Waals surface area contributed by atoms with Crippen molar-refractivity contribution in [2.24, 2.45) is 0 Å². The first-order chi connectivity index (χ1) is 19.3. The fourth-order valence-corrected chi connectivity index (χ4v) is 4.43. The number of carbonyl (C=O) groups is 2. The van der Waals surface area contributed by atoms with Crippen molar-refractivity contribution in [3.05, 3.63) is 81.8 Å². The molecule has 0 aliphatic rings. The number of halogens is 1. The molecule has 0 saturated carbocycles. The van der Waals surface area contributed by atoms with E-state index in [1.165, 1.54) is 14.2 Å². The predicted octanol–water partition coefficient (Wildman–Crippen LogP) is 3.59. The van der Waals surface area contributed by atoms with Crippen molar-refractivity contribution in [2.75, 3.05) is 28.4 Å². The van der Waals surface area contributed by atoms with Crippen molar-refractivity contribution >= 4 is 33.7 Å². The minimum absolute atomic E-state index is 0.00723. The number of nitrogens with one attached hydrogen (secondary N) is 4. The molecule has 1 atom stereocenters. The summed E-state index contributed by atoms with van der Waals surface area (Å²) in [5.41, 5.74) is 2.36. The molecule has 40 heavy (non-hydrogen) atoms. The monoisotopic (exact) mass is 612 g/mol. The van der Waals surface area contributed by atoms with E-state index in [4.69, 9.17) is 24.4 Å². The van der Waals surface area contributed by atoms with Gasteiger partial charge in [0.2, 0.25) is 11.8 Å². The molecule has 0 radical (unpaired) electrons. The van der Waals surface area contributed by atoms with Crippen LogP contribution in [-0.2, 0) is 29.0 Å². The third-order valence-corrected chi connectivity index (χ3v) is 6.74. The number of hydrogen-bond donors (Lipinski definition) is 4. The Kier molecular flexibility index (Phi) is 11.2. The summed E-state index contributed by atoms with van der Waals surface area (Å²) in [5, 5.41) is 16.6. The molecular formula is C29H33BrN4O6. The second-order valence-corrected chi connectivity index (χ2v) is 9.55. The maximum Gasteiger partial charge on any atom is 0.243 e. The molecular weight excluding hydrogens is 580 g/mol. The predicted molar refractivity (Wildman–Crippen MR) is 155 cm³/mol. The Morgan fingerprint density at radius 1 is 0.825 bits per heavy atom. The normalized spacial score (nSPS) is 11.1. The molecule has 0 saturated heterocycles. The van der Waals surface area contributed by atoms with Gasteiger partial charge in [0.15, 0.2) is 29.0 Å². The van der Waals surface area contributed by atoms with Gasteiger partial charge in [0, 0.05) is 17.4 Å². The molecule has 0 bridgehead atoms. The van der Waals surface area contributed by atoms with Crippen molar-refractivity contribution in [1.29, 1.82) is 5.41 Å². The third-order valence-electron chi connectivity index (χ3n) is 6.00. The molecule has 4 N–H and O–H groups in total. The Labute approximate surface area is 242 Å². The zero-order chi connectivity index (χ0) is 29.1.